The van der Waals surface area contributed by atoms with Crippen LogP contribution >= 0.6 is 0 Å². The van der Waals surface area contributed by atoms with Gasteiger partial charge in [-0.3, -0.25) is 14.4 Å². The summed E-state index contributed by atoms with van der Waals surface area (Å²) in [6.45, 7) is 3.33. The molecule has 8 heteroatoms. The predicted molar refractivity (Wildman–Crippen MR) is 100 cm³/mol. The summed E-state index contributed by atoms with van der Waals surface area (Å²) in [6, 6.07) is 3.07. The van der Waals surface area contributed by atoms with Crippen molar-refractivity contribution in [3.8, 4) is 5.75 Å². The Bertz CT molecular complexity index is 1070. The van der Waals surface area contributed by atoms with Crippen molar-refractivity contribution in [3.05, 3.63) is 51.5 Å². The molecule has 1 aromatic rings. The second kappa shape index (κ2) is 5.93. The van der Waals surface area contributed by atoms with E-state index in [-0.39, 0.29) is 23.3 Å². The van der Waals surface area contributed by atoms with Gasteiger partial charge in [-0.05, 0) is 42.9 Å². The molecule has 4 atom stereocenters. The number of aryl methyl sites for hydroxylation is 1. The largest absolute Gasteiger partial charge is 0.511 e. The van der Waals surface area contributed by atoms with Gasteiger partial charge in [0.2, 0.25) is 5.78 Å². The van der Waals surface area contributed by atoms with E-state index in [4.69, 9.17) is 5.73 Å². The van der Waals surface area contributed by atoms with Gasteiger partial charge in [-0.25, -0.2) is 0 Å². The number of fused-ring (bicyclic) bond motifs is 3. The number of nitrogens with two attached hydrogens (primary N) is 1. The van der Waals surface area contributed by atoms with Crippen molar-refractivity contribution < 1.29 is 34.8 Å². The van der Waals surface area contributed by atoms with Gasteiger partial charge >= 0.3 is 0 Å². The number of hydrogen-bond donors (Lipinski definition) is 5. The van der Waals surface area contributed by atoms with Crippen molar-refractivity contribution in [1.29, 1.82) is 0 Å². The number of aliphatic hydroxyl groups excluding tert-OH is 2. The van der Waals surface area contributed by atoms with Crippen molar-refractivity contribution in [2.24, 2.45) is 23.5 Å². The minimum atomic E-state index is -2.55. The molecule has 3 aliphatic rings. The number of primary amides is 1. The summed E-state index contributed by atoms with van der Waals surface area (Å²) in [4.78, 5) is 37.8. The van der Waals surface area contributed by atoms with E-state index in [1.807, 2.05) is 0 Å². The molecule has 0 fully saturated rings. The number of carbonyl (C=O) groups excluding carboxylic acids is 3. The molecule has 152 valence electrons. The van der Waals surface area contributed by atoms with Crippen molar-refractivity contribution in [3.63, 3.8) is 0 Å². The second-order valence-electron chi connectivity index (χ2n) is 8.10. The standard InChI is InChI=1S/C21H21NO7/c1-7-3-4-12(23)14-10(7)5-9-6-11-8(2)16(24)15(20(22)28)19(27)21(11,29)18(26)13(9)17(14)25/h3-4,8-9,11,23-24,26,29H,5-6H2,1-2H3,(H2,22,28)/t8-,9?,11?,21?/m0/s1. The summed E-state index contributed by atoms with van der Waals surface area (Å²) in [7, 11) is 0. The number of hydrogen-bond acceptors (Lipinski definition) is 7. The van der Waals surface area contributed by atoms with Gasteiger partial charge in [0, 0.05) is 17.4 Å². The highest BCUT2D eigenvalue weighted by Crippen LogP contribution is 2.53. The number of aliphatic hydroxyl groups is 3. The Morgan fingerprint density at radius 2 is 1.86 bits per heavy atom. The van der Waals surface area contributed by atoms with Crippen LogP contribution in [0.25, 0.3) is 0 Å². The first-order chi connectivity index (χ1) is 13.5. The lowest BCUT2D eigenvalue weighted by Gasteiger charge is -2.48. The summed E-state index contributed by atoms with van der Waals surface area (Å²) < 4.78 is 0. The summed E-state index contributed by atoms with van der Waals surface area (Å²) in [5, 5.41) is 42.7. The number of phenols is 1. The smallest absolute Gasteiger partial charge is 0.255 e. The van der Waals surface area contributed by atoms with E-state index in [2.05, 4.69) is 0 Å². The maximum Gasteiger partial charge on any atom is 0.255 e. The molecule has 1 aromatic carbocycles. The third kappa shape index (κ3) is 2.26. The highest BCUT2D eigenvalue weighted by molar-refractivity contribution is 6.24. The van der Waals surface area contributed by atoms with Crippen molar-refractivity contribution in [1.82, 2.24) is 0 Å². The monoisotopic (exact) mass is 399 g/mol. The van der Waals surface area contributed by atoms with Gasteiger partial charge in [0.25, 0.3) is 5.91 Å². The average Bonchev–Trinajstić information content (AvgIpc) is 2.65. The highest BCUT2D eigenvalue weighted by Gasteiger charge is 2.61. The Kier molecular flexibility index (Phi) is 3.93. The SMILES string of the molecule is Cc1ccc(O)c2c1CC1CC3[C@H](C)C(O)=C(C(N)=O)C(=O)C3(O)C(O)=C1C2=O. The van der Waals surface area contributed by atoms with Crippen LogP contribution in [0.15, 0.2) is 34.8 Å². The molecule has 3 unspecified atom stereocenters. The number of allylic oxidation sites excluding steroid dienone is 2. The molecule has 6 N–H and O–H groups in total. The van der Waals surface area contributed by atoms with Crippen molar-refractivity contribution in [2.45, 2.75) is 32.3 Å². The molecule has 1 amide bonds. The number of rotatable bonds is 1. The van der Waals surface area contributed by atoms with Gasteiger partial charge < -0.3 is 26.2 Å². The molecular formula is C21H21NO7. The zero-order valence-electron chi connectivity index (χ0n) is 15.9. The molecule has 0 heterocycles. The maximum absolute atomic E-state index is 13.2. The fourth-order valence-corrected chi connectivity index (χ4v) is 5.09. The van der Waals surface area contributed by atoms with Crippen LogP contribution in [0.5, 0.6) is 5.75 Å². The lowest BCUT2D eigenvalue weighted by Crippen LogP contribution is -2.59. The van der Waals surface area contributed by atoms with Crippen molar-refractivity contribution in [2.75, 3.05) is 0 Å². The molecule has 29 heavy (non-hydrogen) atoms. The van der Waals surface area contributed by atoms with E-state index < -0.39 is 57.9 Å². The van der Waals surface area contributed by atoms with Crippen LogP contribution in [-0.4, -0.2) is 43.5 Å². The predicted octanol–water partition coefficient (Wildman–Crippen LogP) is 1.13. The van der Waals surface area contributed by atoms with Gasteiger partial charge in [0.05, 0.1) is 5.56 Å². The Hall–Kier alpha value is -3.13. The van der Waals surface area contributed by atoms with E-state index >= 15 is 0 Å². The third-order valence-corrected chi connectivity index (χ3v) is 6.66. The first-order valence-electron chi connectivity index (χ1n) is 9.31. The van der Waals surface area contributed by atoms with Gasteiger partial charge in [0.1, 0.15) is 22.8 Å². The molecule has 8 nitrogen and oxygen atoms in total. The Labute approximate surface area is 166 Å². The summed E-state index contributed by atoms with van der Waals surface area (Å²) >= 11 is 0. The van der Waals surface area contributed by atoms with E-state index in [1.54, 1.807) is 13.0 Å². The average molecular weight is 399 g/mol. The molecular weight excluding hydrogens is 378 g/mol. The van der Waals surface area contributed by atoms with Crippen LogP contribution in [0, 0.1) is 24.7 Å². The number of Topliss-reactive ketones (excluding diaryl/α,β-unsaturated/α-hetero) is 2. The van der Waals surface area contributed by atoms with Crippen LogP contribution in [0.4, 0.5) is 0 Å². The summed E-state index contributed by atoms with van der Waals surface area (Å²) in [5.41, 5.74) is 3.22. The highest BCUT2D eigenvalue weighted by atomic mass is 16.3. The quantitative estimate of drug-likeness (QED) is 0.443. The molecule has 0 saturated carbocycles. The molecule has 3 aliphatic carbocycles. The molecule has 0 radical (unpaired) electrons. The second-order valence-corrected chi connectivity index (χ2v) is 8.10. The molecule has 0 aromatic heterocycles. The zero-order valence-corrected chi connectivity index (χ0v) is 15.9. The van der Waals surface area contributed by atoms with Crippen LogP contribution in [0.2, 0.25) is 0 Å². The van der Waals surface area contributed by atoms with Gasteiger partial charge in [-0.2, -0.15) is 0 Å². The van der Waals surface area contributed by atoms with E-state index in [0.29, 0.717) is 12.0 Å². The fraction of sp³-hybridized carbons (Fsp3) is 0.381. The first-order valence-corrected chi connectivity index (χ1v) is 9.31. The first kappa shape index (κ1) is 19.2. The normalized spacial score (nSPS) is 31.3. The number of benzene rings is 1. The summed E-state index contributed by atoms with van der Waals surface area (Å²) in [6.07, 6.45) is 0.445. The van der Waals surface area contributed by atoms with Crippen LogP contribution in [0.3, 0.4) is 0 Å². The minimum absolute atomic E-state index is 0.0367. The minimum Gasteiger partial charge on any atom is -0.511 e. The number of aromatic hydroxyl groups is 1. The van der Waals surface area contributed by atoms with Crippen LogP contribution in [0.1, 0.15) is 34.8 Å². The van der Waals surface area contributed by atoms with Crippen molar-refractivity contribution >= 4 is 17.5 Å². The topological polar surface area (TPSA) is 158 Å². The van der Waals surface area contributed by atoms with E-state index in [0.717, 1.165) is 5.56 Å². The van der Waals surface area contributed by atoms with Gasteiger partial charge in [-0.15, -0.1) is 0 Å². The molecule has 0 saturated heterocycles. The molecule has 4 rings (SSSR count). The number of amides is 1. The maximum atomic E-state index is 13.2. The molecule has 0 spiro atoms. The van der Waals surface area contributed by atoms with Gasteiger partial charge in [0.15, 0.2) is 11.4 Å². The zero-order chi connectivity index (χ0) is 21.4. The van der Waals surface area contributed by atoms with Crippen LogP contribution < -0.4 is 5.73 Å². The number of phenolic OH excluding ortho intramolecular Hbond substituents is 1. The van der Waals surface area contributed by atoms with Crippen LogP contribution in [-0.2, 0) is 16.0 Å². The lowest BCUT2D eigenvalue weighted by atomic mass is 9.57. The fourth-order valence-electron chi connectivity index (χ4n) is 5.09. The Balaban J connectivity index is 1.96. The molecule has 0 bridgehead atoms. The summed E-state index contributed by atoms with van der Waals surface area (Å²) in [5.74, 6) is -7.02. The lowest BCUT2D eigenvalue weighted by molar-refractivity contribution is -0.147. The number of carbonyl (C=O) groups is 3. The van der Waals surface area contributed by atoms with E-state index in [1.165, 1.54) is 13.0 Å². The third-order valence-electron chi connectivity index (χ3n) is 6.66. The van der Waals surface area contributed by atoms with Gasteiger partial charge in [-0.1, -0.05) is 13.0 Å². The number of ketones is 2. The molecule has 0 aliphatic heterocycles. The Morgan fingerprint density at radius 3 is 2.48 bits per heavy atom. The van der Waals surface area contributed by atoms with E-state index in [9.17, 15) is 34.8 Å². The Morgan fingerprint density at radius 1 is 1.21 bits per heavy atom.